The molecule has 2 N–H and O–H groups in total. The molecule has 0 amide bonds. The van der Waals surface area contributed by atoms with E-state index in [2.05, 4.69) is 9.97 Å². The Hall–Kier alpha value is -1.10. The largest absolute Gasteiger partial charge is 0.326 e. The van der Waals surface area contributed by atoms with Crippen LogP contribution in [0.3, 0.4) is 0 Å². The van der Waals surface area contributed by atoms with Crippen LogP contribution in [0.25, 0.3) is 0 Å². The number of benzene rings is 1. The number of rotatable bonds is 4. The van der Waals surface area contributed by atoms with Gasteiger partial charge < -0.3 is 5.73 Å². The quantitative estimate of drug-likeness (QED) is 0.864. The smallest absolute Gasteiger partial charge is 0.115 e. The van der Waals surface area contributed by atoms with Crippen LogP contribution >= 0.6 is 23.4 Å². The number of hydrogen-bond donors (Lipinski definition) is 1. The van der Waals surface area contributed by atoms with Crippen molar-refractivity contribution in [1.29, 1.82) is 0 Å². The molecule has 0 saturated carbocycles. The molecule has 0 bridgehead atoms. The van der Waals surface area contributed by atoms with E-state index in [4.69, 9.17) is 17.3 Å². The van der Waals surface area contributed by atoms with E-state index in [1.165, 1.54) is 0 Å². The maximum atomic E-state index is 6.17. The summed E-state index contributed by atoms with van der Waals surface area (Å²) in [5.74, 6) is 0.780. The Morgan fingerprint density at radius 2 is 2.18 bits per heavy atom. The van der Waals surface area contributed by atoms with Gasteiger partial charge in [0.15, 0.2) is 0 Å². The average molecular weight is 266 g/mol. The molecule has 0 atom stereocenters. The molecule has 2 rings (SSSR count). The third-order valence-corrected chi connectivity index (χ3v) is 3.58. The third-order valence-electron chi connectivity index (χ3n) is 2.27. The van der Waals surface area contributed by atoms with Gasteiger partial charge in [0.1, 0.15) is 5.03 Å². The molecule has 1 heterocycles. The number of hydrogen-bond acceptors (Lipinski definition) is 4. The number of nitrogens with two attached hydrogens (primary N) is 1. The van der Waals surface area contributed by atoms with E-state index in [1.807, 2.05) is 18.2 Å². The Labute approximate surface area is 109 Å². The predicted molar refractivity (Wildman–Crippen MR) is 70.9 cm³/mol. The van der Waals surface area contributed by atoms with E-state index in [-0.39, 0.29) is 0 Å². The zero-order valence-corrected chi connectivity index (χ0v) is 10.7. The minimum absolute atomic E-state index is 0.511. The summed E-state index contributed by atoms with van der Waals surface area (Å²) in [4.78, 5) is 8.21. The van der Waals surface area contributed by atoms with Crippen LogP contribution in [0.5, 0.6) is 0 Å². The summed E-state index contributed by atoms with van der Waals surface area (Å²) in [5, 5.41) is 1.65. The van der Waals surface area contributed by atoms with Gasteiger partial charge in [0, 0.05) is 29.7 Å². The van der Waals surface area contributed by atoms with Crippen LogP contribution in [0.4, 0.5) is 0 Å². The normalized spacial score (nSPS) is 10.5. The van der Waals surface area contributed by atoms with E-state index in [0.29, 0.717) is 6.54 Å². The predicted octanol–water partition coefficient (Wildman–Crippen LogP) is 2.88. The highest BCUT2D eigenvalue weighted by Crippen LogP contribution is 2.25. The molecule has 88 valence electrons. The molecule has 3 nitrogen and oxygen atoms in total. The summed E-state index contributed by atoms with van der Waals surface area (Å²) in [6.45, 7) is 0.511. The first-order chi connectivity index (χ1) is 8.29. The van der Waals surface area contributed by atoms with Crippen LogP contribution in [0.2, 0.25) is 5.02 Å². The van der Waals surface area contributed by atoms with Crippen molar-refractivity contribution in [2.45, 2.75) is 17.3 Å². The van der Waals surface area contributed by atoms with Gasteiger partial charge in [-0.1, -0.05) is 23.7 Å². The van der Waals surface area contributed by atoms with Crippen LogP contribution < -0.4 is 5.73 Å². The fourth-order valence-electron chi connectivity index (χ4n) is 1.35. The molecular formula is C12H12ClN3S. The first-order valence-corrected chi connectivity index (χ1v) is 6.52. The fourth-order valence-corrected chi connectivity index (χ4v) is 2.52. The Bertz CT molecular complexity index is 490. The second-order valence-electron chi connectivity index (χ2n) is 3.46. The van der Waals surface area contributed by atoms with Gasteiger partial charge in [0.2, 0.25) is 0 Å². The summed E-state index contributed by atoms with van der Waals surface area (Å²) >= 11 is 7.78. The summed E-state index contributed by atoms with van der Waals surface area (Å²) in [6, 6.07) is 5.92. The molecular weight excluding hydrogens is 254 g/mol. The number of nitrogens with zero attached hydrogens (tertiary/aromatic N) is 2. The Balaban J connectivity index is 2.04. The van der Waals surface area contributed by atoms with Crippen molar-refractivity contribution in [1.82, 2.24) is 9.97 Å². The minimum Gasteiger partial charge on any atom is -0.326 e. The summed E-state index contributed by atoms with van der Waals surface area (Å²) < 4.78 is 0. The monoisotopic (exact) mass is 265 g/mol. The van der Waals surface area contributed by atoms with Crippen molar-refractivity contribution in [2.24, 2.45) is 5.73 Å². The molecule has 0 radical (unpaired) electrons. The fraction of sp³-hybridized carbons (Fsp3) is 0.167. The number of halogens is 1. The second kappa shape index (κ2) is 6.00. The SMILES string of the molecule is NCc1ccc(CSc2cnccn2)c(Cl)c1. The molecule has 5 heteroatoms. The van der Waals surface area contributed by atoms with E-state index in [1.54, 1.807) is 30.4 Å². The van der Waals surface area contributed by atoms with Gasteiger partial charge in [-0.2, -0.15) is 0 Å². The summed E-state index contributed by atoms with van der Waals surface area (Å²) in [6.07, 6.45) is 5.08. The van der Waals surface area contributed by atoms with Crippen LogP contribution in [0, 0.1) is 0 Å². The van der Waals surface area contributed by atoms with Crippen LogP contribution in [-0.4, -0.2) is 9.97 Å². The molecule has 17 heavy (non-hydrogen) atoms. The van der Waals surface area contributed by atoms with Gasteiger partial charge in [-0.3, -0.25) is 4.98 Å². The molecule has 0 spiro atoms. The van der Waals surface area contributed by atoms with E-state index < -0.39 is 0 Å². The lowest BCUT2D eigenvalue weighted by molar-refractivity contribution is 1.05. The van der Waals surface area contributed by atoms with Gasteiger partial charge >= 0.3 is 0 Å². The van der Waals surface area contributed by atoms with Gasteiger partial charge in [0.05, 0.1) is 6.20 Å². The third kappa shape index (κ3) is 3.43. The van der Waals surface area contributed by atoms with Crippen molar-refractivity contribution >= 4 is 23.4 Å². The Morgan fingerprint density at radius 3 is 2.82 bits per heavy atom. The van der Waals surface area contributed by atoms with Crippen molar-refractivity contribution in [2.75, 3.05) is 0 Å². The molecule has 0 unspecified atom stereocenters. The lowest BCUT2D eigenvalue weighted by Gasteiger charge is -2.05. The second-order valence-corrected chi connectivity index (χ2v) is 4.87. The zero-order chi connectivity index (χ0) is 12.1. The van der Waals surface area contributed by atoms with Crippen molar-refractivity contribution < 1.29 is 0 Å². The van der Waals surface area contributed by atoms with Crippen LogP contribution in [0.1, 0.15) is 11.1 Å². The van der Waals surface area contributed by atoms with Crippen molar-refractivity contribution in [3.63, 3.8) is 0 Å². The molecule has 2 aromatic rings. The highest BCUT2D eigenvalue weighted by atomic mass is 35.5. The van der Waals surface area contributed by atoms with Crippen LogP contribution in [0.15, 0.2) is 41.8 Å². The summed E-state index contributed by atoms with van der Waals surface area (Å²) in [7, 11) is 0. The van der Waals surface area contributed by atoms with Gasteiger partial charge in [0.25, 0.3) is 0 Å². The molecule has 0 fully saturated rings. The maximum Gasteiger partial charge on any atom is 0.115 e. The first kappa shape index (κ1) is 12.4. The maximum absolute atomic E-state index is 6.17. The number of aromatic nitrogens is 2. The highest BCUT2D eigenvalue weighted by Gasteiger charge is 2.03. The van der Waals surface area contributed by atoms with Crippen LogP contribution in [-0.2, 0) is 12.3 Å². The Kier molecular flexibility index (Phi) is 4.36. The van der Waals surface area contributed by atoms with E-state index in [0.717, 1.165) is 26.9 Å². The van der Waals surface area contributed by atoms with E-state index >= 15 is 0 Å². The number of thioether (sulfide) groups is 1. The van der Waals surface area contributed by atoms with Crippen molar-refractivity contribution in [3.8, 4) is 0 Å². The van der Waals surface area contributed by atoms with Crippen molar-refractivity contribution in [3.05, 3.63) is 52.9 Å². The topological polar surface area (TPSA) is 51.8 Å². The molecule has 0 saturated heterocycles. The minimum atomic E-state index is 0.511. The lowest BCUT2D eigenvalue weighted by atomic mass is 10.1. The molecule has 0 aliphatic rings. The Morgan fingerprint density at radius 1 is 1.29 bits per heavy atom. The first-order valence-electron chi connectivity index (χ1n) is 5.16. The van der Waals surface area contributed by atoms with Gasteiger partial charge in [-0.05, 0) is 17.2 Å². The van der Waals surface area contributed by atoms with E-state index in [9.17, 15) is 0 Å². The zero-order valence-electron chi connectivity index (χ0n) is 9.14. The summed E-state index contributed by atoms with van der Waals surface area (Å²) in [5.41, 5.74) is 7.68. The van der Waals surface area contributed by atoms with Gasteiger partial charge in [-0.15, -0.1) is 11.8 Å². The molecule has 0 aliphatic heterocycles. The lowest BCUT2D eigenvalue weighted by Crippen LogP contribution is -1.96. The highest BCUT2D eigenvalue weighted by molar-refractivity contribution is 7.98. The molecule has 0 aliphatic carbocycles. The van der Waals surface area contributed by atoms with Gasteiger partial charge in [-0.25, -0.2) is 4.98 Å². The molecule has 1 aromatic heterocycles. The standard InChI is InChI=1S/C12H12ClN3S/c13-11-5-9(6-14)1-2-10(11)8-17-12-7-15-3-4-16-12/h1-5,7H,6,8,14H2. The molecule has 1 aromatic carbocycles. The average Bonchev–Trinajstić information content (AvgIpc) is 2.38.